The van der Waals surface area contributed by atoms with Gasteiger partial charge in [-0.1, -0.05) is 18.2 Å². The molecule has 0 bridgehead atoms. The van der Waals surface area contributed by atoms with Crippen molar-refractivity contribution >= 4 is 34.7 Å². The molecule has 168 valence electrons. The summed E-state index contributed by atoms with van der Waals surface area (Å²) in [5.41, 5.74) is 0.820. The third kappa shape index (κ3) is 7.44. The number of carbonyl (C=O) groups is 4. The molecule has 0 fully saturated rings. The van der Waals surface area contributed by atoms with Crippen LogP contribution in [-0.4, -0.2) is 50.7 Å². The number of aliphatic carboxylic acids is 2. The van der Waals surface area contributed by atoms with Gasteiger partial charge in [0.05, 0.1) is 12.0 Å². The minimum absolute atomic E-state index is 0.114. The number of ether oxygens (including phenoxy) is 1. The number of benzene rings is 1. The molecule has 9 heteroatoms. The van der Waals surface area contributed by atoms with Crippen LogP contribution < -0.4 is 5.32 Å². The monoisotopic (exact) mass is 432 g/mol. The van der Waals surface area contributed by atoms with Gasteiger partial charge in [-0.2, -0.15) is 0 Å². The van der Waals surface area contributed by atoms with Gasteiger partial charge in [0.2, 0.25) is 0 Å². The average molecular weight is 432 g/mol. The molecule has 0 radical (unpaired) electrons. The van der Waals surface area contributed by atoms with Crippen molar-refractivity contribution in [1.29, 1.82) is 0 Å². The summed E-state index contributed by atoms with van der Waals surface area (Å²) in [4.78, 5) is 50.8. The van der Waals surface area contributed by atoms with Crippen LogP contribution in [0.3, 0.4) is 0 Å². The Balaban J connectivity index is 2.13. The number of H-pyrrole nitrogens is 1. The number of fused-ring (bicyclic) bond motifs is 1. The fourth-order valence-corrected chi connectivity index (χ4v) is 3.23. The van der Waals surface area contributed by atoms with E-state index in [-0.39, 0.29) is 25.7 Å². The molecule has 0 unspecified atom stereocenters. The Bertz CT molecular complexity index is 958. The van der Waals surface area contributed by atoms with Crippen molar-refractivity contribution in [3.63, 3.8) is 0 Å². The lowest BCUT2D eigenvalue weighted by atomic mass is 9.91. The van der Waals surface area contributed by atoms with Crippen LogP contribution in [0, 0.1) is 5.92 Å². The van der Waals surface area contributed by atoms with E-state index in [9.17, 15) is 24.3 Å². The first-order valence-corrected chi connectivity index (χ1v) is 9.98. The maximum Gasteiger partial charge on any atom is 0.408 e. The summed E-state index contributed by atoms with van der Waals surface area (Å²) in [5.74, 6) is -3.86. The van der Waals surface area contributed by atoms with Gasteiger partial charge in [0.25, 0.3) is 0 Å². The van der Waals surface area contributed by atoms with Gasteiger partial charge in [-0.15, -0.1) is 0 Å². The van der Waals surface area contributed by atoms with Crippen LogP contribution in [0.2, 0.25) is 0 Å². The molecular formula is C22H28N2O7. The fraction of sp³-hybridized carbons (Fsp3) is 0.455. The van der Waals surface area contributed by atoms with Crippen LogP contribution in [0.1, 0.15) is 45.6 Å². The van der Waals surface area contributed by atoms with Crippen molar-refractivity contribution in [3.05, 3.63) is 36.0 Å². The number of carboxylic acid groups (broad SMARTS) is 2. The maximum atomic E-state index is 12.8. The number of hydrogen-bond donors (Lipinski definition) is 4. The molecule has 2 rings (SSSR count). The summed E-state index contributed by atoms with van der Waals surface area (Å²) in [6.45, 7) is 4.97. The van der Waals surface area contributed by atoms with Gasteiger partial charge < -0.3 is 25.3 Å². The SMILES string of the molecule is CC(C)(C)OC(=O)N[C@H](CCC(=O)O)C(=O)C[C@H](Cc1c[nH]c2ccccc12)C(=O)O. The van der Waals surface area contributed by atoms with E-state index in [1.54, 1.807) is 27.0 Å². The third-order valence-corrected chi connectivity index (χ3v) is 4.66. The Kier molecular flexibility index (Phi) is 7.79. The number of hydrogen-bond acceptors (Lipinski definition) is 5. The van der Waals surface area contributed by atoms with Crippen molar-refractivity contribution in [1.82, 2.24) is 10.3 Å². The first kappa shape index (κ1) is 23.9. The van der Waals surface area contributed by atoms with Crippen LogP contribution >= 0.6 is 0 Å². The highest BCUT2D eigenvalue weighted by molar-refractivity contribution is 5.91. The molecule has 2 aromatic rings. The highest BCUT2D eigenvalue weighted by Gasteiger charge is 2.30. The lowest BCUT2D eigenvalue weighted by molar-refractivity contribution is -0.144. The third-order valence-electron chi connectivity index (χ3n) is 4.66. The topological polar surface area (TPSA) is 146 Å². The zero-order chi connectivity index (χ0) is 23.2. The second-order valence-electron chi connectivity index (χ2n) is 8.40. The molecule has 9 nitrogen and oxygen atoms in total. The fourth-order valence-electron chi connectivity index (χ4n) is 3.23. The molecule has 0 spiro atoms. The number of Topliss-reactive ketones (excluding diaryl/α,β-unsaturated/α-hetero) is 1. The summed E-state index contributed by atoms with van der Waals surface area (Å²) in [5, 5.41) is 21.9. The molecule has 0 aliphatic rings. The molecule has 1 aromatic heterocycles. The van der Waals surface area contributed by atoms with Gasteiger partial charge in [-0.05, 0) is 45.2 Å². The van der Waals surface area contributed by atoms with Crippen LogP contribution in [0.15, 0.2) is 30.5 Å². The van der Waals surface area contributed by atoms with E-state index >= 15 is 0 Å². The first-order chi connectivity index (χ1) is 14.5. The minimum Gasteiger partial charge on any atom is -0.481 e. The molecule has 4 N–H and O–H groups in total. The lowest BCUT2D eigenvalue weighted by Gasteiger charge is -2.23. The predicted molar refractivity (Wildman–Crippen MR) is 113 cm³/mol. The molecule has 31 heavy (non-hydrogen) atoms. The lowest BCUT2D eigenvalue weighted by Crippen LogP contribution is -2.44. The van der Waals surface area contributed by atoms with E-state index in [2.05, 4.69) is 10.3 Å². The molecule has 0 saturated heterocycles. The van der Waals surface area contributed by atoms with E-state index in [4.69, 9.17) is 9.84 Å². The smallest absolute Gasteiger partial charge is 0.408 e. The Morgan fingerprint density at radius 3 is 2.42 bits per heavy atom. The number of carboxylic acids is 2. The van der Waals surface area contributed by atoms with Crippen molar-refractivity contribution in [2.45, 2.75) is 58.1 Å². The number of alkyl carbamates (subject to hydrolysis) is 1. The van der Waals surface area contributed by atoms with E-state index in [0.29, 0.717) is 0 Å². The van der Waals surface area contributed by atoms with Gasteiger partial charge in [0.1, 0.15) is 5.60 Å². The number of aromatic amines is 1. The van der Waals surface area contributed by atoms with Gasteiger partial charge >= 0.3 is 18.0 Å². The highest BCUT2D eigenvalue weighted by atomic mass is 16.6. The number of carbonyl (C=O) groups excluding carboxylic acids is 2. The van der Waals surface area contributed by atoms with Gasteiger partial charge in [-0.25, -0.2) is 4.79 Å². The number of para-hydroxylation sites is 1. The Hall–Kier alpha value is -3.36. The van der Waals surface area contributed by atoms with Crippen LogP contribution in [0.5, 0.6) is 0 Å². The number of ketones is 1. The average Bonchev–Trinajstić information content (AvgIpc) is 3.05. The maximum absolute atomic E-state index is 12.8. The van der Waals surface area contributed by atoms with E-state index in [1.807, 2.05) is 24.3 Å². The summed E-state index contributed by atoms with van der Waals surface area (Å²) in [6.07, 6.45) is 0.100. The first-order valence-electron chi connectivity index (χ1n) is 9.98. The Morgan fingerprint density at radius 1 is 1.13 bits per heavy atom. The Morgan fingerprint density at radius 2 is 1.81 bits per heavy atom. The van der Waals surface area contributed by atoms with E-state index in [0.717, 1.165) is 16.5 Å². The molecule has 2 atom stereocenters. The van der Waals surface area contributed by atoms with Crippen LogP contribution in [0.25, 0.3) is 10.9 Å². The molecule has 0 aliphatic carbocycles. The number of aromatic nitrogens is 1. The second kappa shape index (κ2) is 10.1. The van der Waals surface area contributed by atoms with Gasteiger partial charge in [0.15, 0.2) is 5.78 Å². The van der Waals surface area contributed by atoms with Crippen molar-refractivity contribution < 1.29 is 34.1 Å². The molecule has 1 aromatic carbocycles. The normalized spacial score (nSPS) is 13.4. The van der Waals surface area contributed by atoms with Crippen molar-refractivity contribution in [2.24, 2.45) is 5.92 Å². The quantitative estimate of drug-likeness (QED) is 0.451. The summed E-state index contributed by atoms with van der Waals surface area (Å²) in [7, 11) is 0. The zero-order valence-electron chi connectivity index (χ0n) is 17.8. The predicted octanol–water partition coefficient (Wildman–Crippen LogP) is 3.13. The highest BCUT2D eigenvalue weighted by Crippen LogP contribution is 2.23. The largest absolute Gasteiger partial charge is 0.481 e. The minimum atomic E-state index is -1.16. The number of amides is 1. The second-order valence-corrected chi connectivity index (χ2v) is 8.40. The standard InChI is InChI=1S/C22H28N2O7/c1-22(2,3)31-21(30)24-17(8-9-19(26)27)18(25)11-13(20(28)29)10-14-12-23-16-7-5-4-6-15(14)16/h4-7,12-13,17,23H,8-11H2,1-3H3,(H,24,30)(H,26,27)(H,28,29)/t13-,17+/m0/s1. The summed E-state index contributed by atoms with van der Waals surface area (Å²) < 4.78 is 5.14. The van der Waals surface area contributed by atoms with E-state index in [1.165, 1.54) is 0 Å². The molecule has 1 amide bonds. The van der Waals surface area contributed by atoms with Crippen molar-refractivity contribution in [3.8, 4) is 0 Å². The zero-order valence-corrected chi connectivity index (χ0v) is 17.8. The summed E-state index contributed by atoms with van der Waals surface area (Å²) >= 11 is 0. The van der Waals surface area contributed by atoms with E-state index < -0.39 is 41.4 Å². The number of rotatable bonds is 10. The molecule has 0 saturated carbocycles. The number of nitrogens with one attached hydrogen (secondary N) is 2. The van der Waals surface area contributed by atoms with Gasteiger partial charge in [0, 0.05) is 29.9 Å². The van der Waals surface area contributed by atoms with Crippen LogP contribution in [-0.2, 0) is 25.5 Å². The van der Waals surface area contributed by atoms with Crippen molar-refractivity contribution in [2.75, 3.05) is 0 Å². The molecule has 1 heterocycles. The Labute approximate surface area is 179 Å². The molecular weight excluding hydrogens is 404 g/mol. The summed E-state index contributed by atoms with van der Waals surface area (Å²) in [6, 6.07) is 6.27. The molecule has 0 aliphatic heterocycles. The van der Waals surface area contributed by atoms with Gasteiger partial charge in [-0.3, -0.25) is 14.4 Å². The van der Waals surface area contributed by atoms with Crippen LogP contribution in [0.4, 0.5) is 4.79 Å².